The molecule has 0 N–H and O–H groups in total. The molecule has 1 aromatic carbocycles. The molecule has 31 heavy (non-hydrogen) atoms. The van der Waals surface area contributed by atoms with E-state index in [-0.39, 0.29) is 18.1 Å². The number of halogens is 1. The molecule has 2 unspecified atom stereocenters. The highest BCUT2D eigenvalue weighted by atomic mass is 35.5. The van der Waals surface area contributed by atoms with E-state index >= 15 is 0 Å². The Morgan fingerprint density at radius 2 is 1.81 bits per heavy atom. The molecule has 2 saturated heterocycles. The Balaban J connectivity index is 1.37. The first kappa shape index (κ1) is 22.3. The number of hydrogen-bond acceptors (Lipinski definition) is 7. The van der Waals surface area contributed by atoms with Crippen LogP contribution in [0.2, 0.25) is 5.15 Å². The van der Waals surface area contributed by atoms with Crippen LogP contribution in [0.5, 0.6) is 0 Å². The molecule has 2 aromatic rings. The predicted molar refractivity (Wildman–Crippen MR) is 122 cm³/mol. The van der Waals surface area contributed by atoms with Gasteiger partial charge in [-0.1, -0.05) is 35.5 Å². The first-order valence-corrected chi connectivity index (χ1v) is 11.9. The summed E-state index contributed by atoms with van der Waals surface area (Å²) in [6.07, 6.45) is 0.117. The summed E-state index contributed by atoms with van der Waals surface area (Å²) in [7, 11) is 0. The highest BCUT2D eigenvalue weighted by Gasteiger charge is 2.26. The molecule has 2 aliphatic heterocycles. The third kappa shape index (κ3) is 5.88. The van der Waals surface area contributed by atoms with Gasteiger partial charge in [-0.2, -0.15) is 0 Å². The van der Waals surface area contributed by atoms with E-state index in [1.807, 2.05) is 43.0 Å². The van der Waals surface area contributed by atoms with Crippen molar-refractivity contribution in [2.75, 3.05) is 44.3 Å². The molecule has 7 nitrogen and oxygen atoms in total. The van der Waals surface area contributed by atoms with Crippen molar-refractivity contribution in [3.8, 4) is 0 Å². The molecule has 4 rings (SSSR count). The molecule has 2 aliphatic rings. The average Bonchev–Trinajstić information content (AvgIpc) is 2.77. The van der Waals surface area contributed by atoms with Crippen LogP contribution in [-0.2, 0) is 15.2 Å². The molecule has 3 heterocycles. The molecule has 166 valence electrons. The van der Waals surface area contributed by atoms with Crippen LogP contribution in [-0.4, -0.2) is 72.4 Å². The molecule has 0 spiro atoms. The minimum Gasteiger partial charge on any atom is -0.378 e. The molecule has 2 fully saturated rings. The van der Waals surface area contributed by atoms with Crippen LogP contribution in [0.1, 0.15) is 29.8 Å². The summed E-state index contributed by atoms with van der Waals surface area (Å²) in [6, 6.07) is 9.55. The molecule has 2 atom stereocenters. The Morgan fingerprint density at radius 1 is 1.13 bits per heavy atom. The first-order chi connectivity index (χ1) is 15.0. The molecule has 0 radical (unpaired) electrons. The summed E-state index contributed by atoms with van der Waals surface area (Å²) in [4.78, 5) is 25.9. The normalized spacial score (nSPS) is 21.9. The quantitative estimate of drug-likeness (QED) is 0.382. The number of morpholine rings is 2. The van der Waals surface area contributed by atoms with Gasteiger partial charge < -0.3 is 19.3 Å². The van der Waals surface area contributed by atoms with Crippen LogP contribution in [0.25, 0.3) is 0 Å². The van der Waals surface area contributed by atoms with Gasteiger partial charge in [-0.05, 0) is 31.5 Å². The van der Waals surface area contributed by atoms with Gasteiger partial charge in [0.2, 0.25) is 0 Å². The number of nitrogens with zero attached hydrogens (tertiary/aromatic N) is 4. The zero-order chi connectivity index (χ0) is 21.8. The molecular weight excluding hydrogens is 436 g/mol. The number of ether oxygens (including phenoxy) is 2. The topological polar surface area (TPSA) is 67.8 Å². The Bertz CT molecular complexity index is 898. The number of carbonyl (C=O) groups excluding carboxylic acids is 1. The fourth-order valence-electron chi connectivity index (χ4n) is 3.82. The number of rotatable bonds is 5. The van der Waals surface area contributed by atoms with Gasteiger partial charge in [-0.15, -0.1) is 0 Å². The second-order valence-corrected chi connectivity index (χ2v) is 9.21. The largest absolute Gasteiger partial charge is 0.378 e. The zero-order valence-electron chi connectivity index (χ0n) is 17.8. The standard InChI is InChI=1S/C22H27ClN4O3S/c1-15-12-27(13-16(2)30-15)21(28)18-5-3-17(4-6-18)14-31-22-24-19(23)11-20(25-22)26-7-9-29-10-8-26/h3-6,11,15-16H,7-10,12-14H2,1-2H3. The van der Waals surface area contributed by atoms with Crippen molar-refractivity contribution in [3.05, 3.63) is 46.6 Å². The molecule has 1 aromatic heterocycles. The van der Waals surface area contributed by atoms with E-state index in [1.165, 1.54) is 11.8 Å². The maximum Gasteiger partial charge on any atom is 0.254 e. The van der Waals surface area contributed by atoms with E-state index in [0.717, 1.165) is 24.5 Å². The fraction of sp³-hybridized carbons (Fsp3) is 0.500. The summed E-state index contributed by atoms with van der Waals surface area (Å²) >= 11 is 7.76. The number of amides is 1. The van der Waals surface area contributed by atoms with Crippen molar-refractivity contribution in [3.63, 3.8) is 0 Å². The lowest BCUT2D eigenvalue weighted by atomic mass is 10.1. The number of aromatic nitrogens is 2. The van der Waals surface area contributed by atoms with Gasteiger partial charge in [-0.25, -0.2) is 9.97 Å². The third-order valence-electron chi connectivity index (χ3n) is 5.27. The minimum absolute atomic E-state index is 0.0505. The van der Waals surface area contributed by atoms with Gasteiger partial charge in [0.25, 0.3) is 5.91 Å². The van der Waals surface area contributed by atoms with Crippen molar-refractivity contribution < 1.29 is 14.3 Å². The van der Waals surface area contributed by atoms with E-state index in [1.54, 1.807) is 6.07 Å². The smallest absolute Gasteiger partial charge is 0.254 e. The third-order valence-corrected chi connectivity index (χ3v) is 6.38. The van der Waals surface area contributed by atoms with Gasteiger partial charge in [0.1, 0.15) is 11.0 Å². The van der Waals surface area contributed by atoms with Gasteiger partial charge in [0, 0.05) is 43.6 Å². The Hall–Kier alpha value is -1.87. The molecule has 0 bridgehead atoms. The molecule has 1 amide bonds. The average molecular weight is 463 g/mol. The van der Waals surface area contributed by atoms with Crippen molar-refractivity contribution >= 4 is 35.1 Å². The van der Waals surface area contributed by atoms with Crippen LogP contribution in [0.4, 0.5) is 5.82 Å². The maximum atomic E-state index is 12.8. The Kier molecular flexibility index (Phi) is 7.32. The number of anilines is 1. The Labute approximate surface area is 192 Å². The lowest BCUT2D eigenvalue weighted by Gasteiger charge is -2.35. The van der Waals surface area contributed by atoms with Crippen LogP contribution >= 0.6 is 23.4 Å². The summed E-state index contributed by atoms with van der Waals surface area (Å²) in [5, 5.41) is 1.08. The molecular formula is C22H27ClN4O3S. The van der Waals surface area contributed by atoms with Gasteiger partial charge in [-0.3, -0.25) is 4.79 Å². The maximum absolute atomic E-state index is 12.8. The van der Waals surface area contributed by atoms with E-state index in [4.69, 9.17) is 21.1 Å². The number of benzene rings is 1. The molecule has 9 heteroatoms. The van der Waals surface area contributed by atoms with Crippen molar-refractivity contribution in [2.45, 2.75) is 37.0 Å². The number of thioether (sulfide) groups is 1. The summed E-state index contributed by atoms with van der Waals surface area (Å²) in [5.41, 5.74) is 1.80. The highest BCUT2D eigenvalue weighted by Crippen LogP contribution is 2.25. The van der Waals surface area contributed by atoms with E-state index in [0.29, 0.717) is 47.9 Å². The van der Waals surface area contributed by atoms with E-state index < -0.39 is 0 Å². The van der Waals surface area contributed by atoms with Crippen molar-refractivity contribution in [1.82, 2.24) is 14.9 Å². The number of hydrogen-bond donors (Lipinski definition) is 0. The fourth-order valence-corrected chi connectivity index (χ4v) is 4.86. The summed E-state index contributed by atoms with van der Waals surface area (Å²) in [5.74, 6) is 1.58. The lowest BCUT2D eigenvalue weighted by Crippen LogP contribution is -2.48. The SMILES string of the molecule is CC1CN(C(=O)c2ccc(CSc3nc(Cl)cc(N4CCOCC4)n3)cc2)CC(C)O1. The first-order valence-electron chi connectivity index (χ1n) is 10.5. The lowest BCUT2D eigenvalue weighted by molar-refractivity contribution is -0.0586. The van der Waals surface area contributed by atoms with E-state index in [2.05, 4.69) is 14.9 Å². The number of carbonyl (C=O) groups is 1. The second-order valence-electron chi connectivity index (χ2n) is 7.88. The highest BCUT2D eigenvalue weighted by molar-refractivity contribution is 7.98. The van der Waals surface area contributed by atoms with Crippen LogP contribution in [0, 0.1) is 0 Å². The summed E-state index contributed by atoms with van der Waals surface area (Å²) < 4.78 is 11.1. The zero-order valence-corrected chi connectivity index (χ0v) is 19.4. The molecule has 0 aliphatic carbocycles. The summed E-state index contributed by atoms with van der Waals surface area (Å²) in [6.45, 7) is 8.23. The second kappa shape index (κ2) is 10.2. The van der Waals surface area contributed by atoms with Crippen molar-refractivity contribution in [2.24, 2.45) is 0 Å². The predicted octanol–water partition coefficient (Wildman–Crippen LogP) is 3.51. The van der Waals surface area contributed by atoms with Gasteiger partial charge in [0.05, 0.1) is 25.4 Å². The van der Waals surface area contributed by atoms with Gasteiger partial charge in [0.15, 0.2) is 5.16 Å². The van der Waals surface area contributed by atoms with E-state index in [9.17, 15) is 4.79 Å². The Morgan fingerprint density at radius 3 is 2.48 bits per heavy atom. The monoisotopic (exact) mass is 462 g/mol. The minimum atomic E-state index is 0.0505. The van der Waals surface area contributed by atoms with Crippen LogP contribution in [0.3, 0.4) is 0 Å². The van der Waals surface area contributed by atoms with Crippen LogP contribution in [0.15, 0.2) is 35.5 Å². The van der Waals surface area contributed by atoms with Gasteiger partial charge >= 0.3 is 0 Å². The van der Waals surface area contributed by atoms with Crippen LogP contribution < -0.4 is 4.90 Å². The van der Waals surface area contributed by atoms with Crippen molar-refractivity contribution in [1.29, 1.82) is 0 Å². The molecule has 0 saturated carbocycles.